The minimum atomic E-state index is 0. The number of amidine groups is 3. The van der Waals surface area contributed by atoms with Crippen molar-refractivity contribution in [2.75, 3.05) is 53.1 Å². The van der Waals surface area contributed by atoms with Crippen LogP contribution in [0.3, 0.4) is 0 Å². The molecular weight excluding hydrogens is 1610 g/mol. The third-order valence-corrected chi connectivity index (χ3v) is 17.7. The van der Waals surface area contributed by atoms with Crippen LogP contribution >= 0.6 is 103 Å². The summed E-state index contributed by atoms with van der Waals surface area (Å²) in [6.45, 7) is 0. The van der Waals surface area contributed by atoms with Gasteiger partial charge in [0.2, 0.25) is 17.5 Å². The van der Waals surface area contributed by atoms with Gasteiger partial charge in [-0.2, -0.15) is 15.0 Å². The van der Waals surface area contributed by atoms with Gasteiger partial charge in [-0.3, -0.25) is 45.6 Å². The van der Waals surface area contributed by atoms with Crippen molar-refractivity contribution < 1.29 is 87.0 Å². The molecule has 69 heavy (non-hydrogen) atoms. The predicted octanol–water partition coefficient (Wildman–Crippen LogP) is -3.53. The highest BCUT2D eigenvalue weighted by Crippen LogP contribution is 2.45. The topological polar surface area (TPSA) is 141 Å². The van der Waals surface area contributed by atoms with Crippen LogP contribution < -0.4 is 102 Å². The fourth-order valence-electron chi connectivity index (χ4n) is 9.05. The number of hydrogen-bond acceptors (Lipinski definition) is 12. The first-order valence-electron chi connectivity index (χ1n) is 20.9. The van der Waals surface area contributed by atoms with E-state index < -0.39 is 0 Å². The van der Waals surface area contributed by atoms with Crippen LogP contribution in [0.2, 0.25) is 0 Å². The minimum Gasteiger partial charge on any atom is -1.00 e. The van der Waals surface area contributed by atoms with Gasteiger partial charge in [-0.1, -0.05) is 138 Å². The van der Waals surface area contributed by atoms with Crippen molar-refractivity contribution in [2.24, 2.45) is 15.3 Å². The first-order chi connectivity index (χ1) is 32.2. The van der Waals surface area contributed by atoms with Crippen molar-refractivity contribution >= 4 is 156 Å². The molecule has 12 rings (SSSR count). The van der Waals surface area contributed by atoms with Gasteiger partial charge in [0.25, 0.3) is 0 Å². The predicted molar refractivity (Wildman–Crippen MR) is 298 cm³/mol. The Bertz CT molecular complexity index is 2490. The number of para-hydroxylation sites is 3. The average Bonchev–Trinajstić information content (AvgIpc) is 4.22. The molecule has 0 radical (unpaired) electrons. The zero-order chi connectivity index (χ0) is 45.8. The maximum absolute atomic E-state index is 8.68. The maximum Gasteiger partial charge on any atom is 0.248 e. The van der Waals surface area contributed by atoms with Gasteiger partial charge in [-0.15, -0.1) is 35.3 Å². The molecule has 0 aliphatic carbocycles. The van der Waals surface area contributed by atoms with Gasteiger partial charge in [0.1, 0.15) is 52.9 Å². The second-order valence-electron chi connectivity index (χ2n) is 15.8. The van der Waals surface area contributed by atoms with Gasteiger partial charge in [0, 0.05) is 51.4 Å². The molecule has 360 valence electrons. The molecule has 0 saturated carbocycles. The zero-order valence-corrected chi connectivity index (χ0v) is 52.4. The molecule has 0 aromatic heterocycles. The number of hydrogen-bond donors (Lipinski definition) is 6. The summed E-state index contributed by atoms with van der Waals surface area (Å²) < 4.78 is 6.41. The third-order valence-electron chi connectivity index (χ3n) is 12.0. The van der Waals surface area contributed by atoms with Crippen molar-refractivity contribution in [3.63, 3.8) is 0 Å². The molecule has 6 N–H and O–H groups in total. The quantitative estimate of drug-likeness (QED) is 0.148. The summed E-state index contributed by atoms with van der Waals surface area (Å²) in [5.74, 6) is 7.73. The molecule has 3 fully saturated rings. The van der Waals surface area contributed by atoms with Crippen LogP contribution in [-0.4, -0.2) is 106 Å². The van der Waals surface area contributed by atoms with E-state index in [1.807, 2.05) is 130 Å². The van der Waals surface area contributed by atoms with E-state index in [1.54, 1.807) is 0 Å². The van der Waals surface area contributed by atoms with Gasteiger partial charge >= 0.3 is 0 Å². The normalized spacial score (nSPS) is 27.4. The standard InChI is InChI=1S/3C15H14IN5S.3HI/c3*1-19-14-12(8-18-19)13(17)20(10-5-3-2-4-6-10)15-21(14)11(7-16)9-22-15;;;/h3*2-8,15,17H,9H2,1H3;3*1H/b2*11-7-,17-13?;;;;. The van der Waals surface area contributed by atoms with Crippen molar-refractivity contribution in [3.8, 4) is 0 Å². The zero-order valence-electron chi connectivity index (χ0n) is 37.0. The molecule has 6 atom stereocenters. The second-order valence-corrected chi connectivity index (χ2v) is 20.8. The number of rotatable bonds is 3. The average molecular weight is 1650 g/mol. The molecule has 9 heterocycles. The monoisotopic (exact) mass is 1650 g/mol. The van der Waals surface area contributed by atoms with Crippen LogP contribution in [0.15, 0.2) is 170 Å². The Balaban J connectivity index is 0.000000150. The molecule has 3 saturated heterocycles. The summed E-state index contributed by atoms with van der Waals surface area (Å²) in [6, 6.07) is 30.5. The number of nitrogens with zero attached hydrogens (tertiary/aromatic N) is 9. The highest BCUT2D eigenvalue weighted by molar-refractivity contribution is 14.1. The number of anilines is 3. The lowest BCUT2D eigenvalue weighted by atomic mass is 10.1. The fourth-order valence-corrected chi connectivity index (χ4v) is 15.4. The first kappa shape index (κ1) is 55.0. The van der Waals surface area contributed by atoms with Gasteiger partial charge in [0.05, 0.1) is 21.1 Å². The Morgan fingerprint density at radius 3 is 0.928 bits per heavy atom. The molecule has 9 aliphatic rings. The summed E-state index contributed by atoms with van der Waals surface area (Å²) in [4.78, 5) is 13.3. The summed E-state index contributed by atoms with van der Waals surface area (Å²) >= 11 is 12.5. The molecule has 3 aromatic rings. The lowest BCUT2D eigenvalue weighted by Gasteiger charge is -2.40. The highest BCUT2D eigenvalue weighted by atomic mass is 127. The second kappa shape index (κ2) is 23.6. The van der Waals surface area contributed by atoms with Crippen LogP contribution in [0.4, 0.5) is 17.1 Å². The van der Waals surface area contributed by atoms with E-state index in [4.69, 9.17) is 16.2 Å². The number of nitrogens with one attached hydrogen (secondary N) is 6. The van der Waals surface area contributed by atoms with Crippen LogP contribution in [0, 0.1) is 16.2 Å². The number of thioether (sulfide) groups is 3. The van der Waals surface area contributed by atoms with Crippen molar-refractivity contribution in [3.05, 3.63) is 155 Å². The van der Waals surface area contributed by atoms with Crippen molar-refractivity contribution in [1.82, 2.24) is 14.7 Å². The van der Waals surface area contributed by atoms with Crippen molar-refractivity contribution in [1.29, 1.82) is 16.2 Å². The van der Waals surface area contributed by atoms with E-state index in [-0.39, 0.29) is 88.4 Å². The smallest absolute Gasteiger partial charge is 0.248 e. The van der Waals surface area contributed by atoms with Crippen LogP contribution in [0.25, 0.3) is 0 Å². The highest BCUT2D eigenvalue weighted by Gasteiger charge is 2.51. The van der Waals surface area contributed by atoms with Gasteiger partial charge < -0.3 is 71.9 Å². The fraction of sp³-hybridized carbons (Fsp3) is 0.200. The largest absolute Gasteiger partial charge is 1.00 e. The van der Waals surface area contributed by atoms with E-state index in [1.165, 1.54) is 17.1 Å². The van der Waals surface area contributed by atoms with E-state index in [2.05, 4.69) is 161 Å². The summed E-state index contributed by atoms with van der Waals surface area (Å²) in [6.07, 6.45) is 5.48. The van der Waals surface area contributed by atoms with Crippen molar-refractivity contribution in [2.45, 2.75) is 16.5 Å². The van der Waals surface area contributed by atoms with E-state index in [0.29, 0.717) is 17.5 Å². The summed E-state index contributed by atoms with van der Waals surface area (Å²) in [7, 11) is 6.07. The van der Waals surface area contributed by atoms with E-state index in [9.17, 15) is 0 Å². The number of quaternary nitrogens is 3. The number of benzene rings is 3. The Hall–Kier alpha value is -1.77. The van der Waals surface area contributed by atoms with Crippen LogP contribution in [0.1, 0.15) is 0 Å². The number of fused-ring (bicyclic) bond motifs is 6. The molecule has 0 bridgehead atoms. The Kier molecular flexibility index (Phi) is 18.8. The van der Waals surface area contributed by atoms with Crippen LogP contribution in [-0.2, 0) is 0 Å². The molecular formula is C45H45I6N15S3. The lowest BCUT2D eigenvalue weighted by Crippen LogP contribution is -3.03. The molecule has 3 aromatic carbocycles. The molecule has 9 aliphatic heterocycles. The van der Waals surface area contributed by atoms with Gasteiger partial charge in [-0.05, 0) is 48.6 Å². The lowest BCUT2D eigenvalue weighted by molar-refractivity contribution is -0.852. The van der Waals surface area contributed by atoms with Gasteiger partial charge in [-0.25, -0.2) is 0 Å². The Morgan fingerprint density at radius 1 is 0.449 bits per heavy atom. The summed E-state index contributed by atoms with van der Waals surface area (Å²) in [5.41, 5.74) is 9.99. The third kappa shape index (κ3) is 9.89. The molecule has 6 unspecified atom stereocenters. The number of halogens is 6. The Morgan fingerprint density at radius 2 is 0.696 bits per heavy atom. The summed E-state index contributed by atoms with van der Waals surface area (Å²) in [5, 5.41) is 42.4. The minimum absolute atomic E-state index is 0. The molecule has 15 nitrogen and oxygen atoms in total. The molecule has 24 heteroatoms. The van der Waals surface area contributed by atoms with Crippen LogP contribution in [0.5, 0.6) is 0 Å². The SMILES string of the molecule is C[NH+]1N=CC2=C1N1/C(=C\I)CSC1N(c1ccccc1)C2=N.C[NH+]1N=CC2=C1N1/C(=C\I)CSC1N(c1ccccc1)C2=N.C[NH+]1N=CC2=C1N1C(=CI)CSC1N(c1ccccc1)C2=N.[I-].[I-].[I-]. The van der Waals surface area contributed by atoms with Gasteiger partial charge in [0.15, 0.2) is 16.5 Å². The van der Waals surface area contributed by atoms with E-state index >= 15 is 0 Å². The molecule has 0 spiro atoms. The van der Waals surface area contributed by atoms with E-state index in [0.717, 1.165) is 83.5 Å². The maximum atomic E-state index is 8.68. The Labute approximate surface area is 506 Å². The first-order valence-corrected chi connectivity index (χ1v) is 27.8. The molecule has 0 amide bonds.